The molecule has 4 heteroatoms. The van der Waals surface area contributed by atoms with Crippen molar-refractivity contribution in [3.05, 3.63) is 0 Å². The number of hydrogen-bond donors (Lipinski definition) is 0. The van der Waals surface area contributed by atoms with E-state index in [1.165, 1.54) is 0 Å². The molecule has 0 spiro atoms. The minimum atomic E-state index is 0. The van der Waals surface area contributed by atoms with Crippen molar-refractivity contribution in [2.24, 2.45) is 0 Å². The molecule has 45 valence electrons. The SMILES string of the molecule is [Co].[SiH3]C1OCCO1. The van der Waals surface area contributed by atoms with Crippen LogP contribution in [0.2, 0.25) is 0 Å². The van der Waals surface area contributed by atoms with Crippen molar-refractivity contribution in [3.8, 4) is 0 Å². The van der Waals surface area contributed by atoms with E-state index in [9.17, 15) is 0 Å². The fourth-order valence-electron chi connectivity index (χ4n) is 0.476. The first-order chi connectivity index (χ1) is 2.89. The molecule has 1 radical (unpaired) electrons. The third-order valence-electron chi connectivity index (χ3n) is 0.788. The molecule has 2 nitrogen and oxygen atoms in total. The monoisotopic (exact) mass is 163 g/mol. The first-order valence-electron chi connectivity index (χ1n) is 2.13. The topological polar surface area (TPSA) is 18.5 Å². The van der Waals surface area contributed by atoms with Gasteiger partial charge in [0.05, 0.1) is 23.5 Å². The van der Waals surface area contributed by atoms with Gasteiger partial charge < -0.3 is 9.47 Å². The quantitative estimate of drug-likeness (QED) is 0.412. The Hall–Kier alpha value is 0.643. The van der Waals surface area contributed by atoms with Gasteiger partial charge in [-0.15, -0.1) is 0 Å². The summed E-state index contributed by atoms with van der Waals surface area (Å²) < 4.78 is 9.98. The molecule has 0 saturated carbocycles. The van der Waals surface area contributed by atoms with Crippen LogP contribution in [0.15, 0.2) is 0 Å². The minimum Gasteiger partial charge on any atom is -0.355 e. The standard InChI is InChI=1S/C3H8O2Si.Co/c6-3-4-1-2-5-3;/h3H,1-2H2,6H3;. The maximum absolute atomic E-state index is 4.99. The summed E-state index contributed by atoms with van der Waals surface area (Å²) >= 11 is 0. The first kappa shape index (κ1) is 7.64. The Morgan fingerprint density at radius 3 is 1.86 bits per heavy atom. The molecule has 0 aromatic rings. The molecule has 1 fully saturated rings. The first-order valence-corrected chi connectivity index (χ1v) is 3.28. The second kappa shape index (κ2) is 3.62. The van der Waals surface area contributed by atoms with Crippen LogP contribution in [0.5, 0.6) is 0 Å². The molecule has 1 aliphatic heterocycles. The van der Waals surface area contributed by atoms with E-state index in [4.69, 9.17) is 9.47 Å². The molecular formula is C3H8CoO2Si. The molecule has 0 aliphatic carbocycles. The molecule has 0 unspecified atom stereocenters. The molecule has 0 aromatic heterocycles. The Kier molecular flexibility index (Phi) is 3.95. The third-order valence-corrected chi connectivity index (χ3v) is 1.46. The molecule has 0 aromatic carbocycles. The van der Waals surface area contributed by atoms with Crippen LogP contribution >= 0.6 is 0 Å². The second-order valence-corrected chi connectivity index (χ2v) is 2.25. The Balaban J connectivity index is 0.000000360. The van der Waals surface area contributed by atoms with Gasteiger partial charge in [-0.3, -0.25) is 0 Å². The van der Waals surface area contributed by atoms with Crippen molar-refractivity contribution in [2.75, 3.05) is 13.2 Å². The predicted molar refractivity (Wildman–Crippen MR) is 25.6 cm³/mol. The van der Waals surface area contributed by atoms with Gasteiger partial charge in [0.15, 0.2) is 0 Å². The summed E-state index contributed by atoms with van der Waals surface area (Å²) in [5.41, 5.74) is 0. The van der Waals surface area contributed by atoms with Gasteiger partial charge in [-0.05, 0) is 0 Å². The number of rotatable bonds is 0. The Labute approximate surface area is 56.2 Å². The van der Waals surface area contributed by atoms with E-state index in [1.807, 2.05) is 0 Å². The van der Waals surface area contributed by atoms with Crippen LogP contribution in [-0.2, 0) is 26.3 Å². The van der Waals surface area contributed by atoms with Crippen molar-refractivity contribution in [2.45, 2.75) is 5.91 Å². The van der Waals surface area contributed by atoms with Crippen molar-refractivity contribution in [1.82, 2.24) is 0 Å². The molecule has 0 N–H and O–H groups in total. The summed E-state index contributed by atoms with van der Waals surface area (Å²) in [5, 5.41) is 0. The average Bonchev–Trinajstić information content (AvgIpc) is 1.86. The Morgan fingerprint density at radius 1 is 1.29 bits per heavy atom. The van der Waals surface area contributed by atoms with E-state index in [-0.39, 0.29) is 22.7 Å². The number of hydrogen-bond acceptors (Lipinski definition) is 2. The van der Waals surface area contributed by atoms with Gasteiger partial charge in [0.1, 0.15) is 5.91 Å². The normalized spacial score (nSPS) is 22.3. The van der Waals surface area contributed by atoms with Gasteiger partial charge >= 0.3 is 0 Å². The van der Waals surface area contributed by atoms with Crippen LogP contribution in [0.3, 0.4) is 0 Å². The van der Waals surface area contributed by atoms with Gasteiger partial charge in [0.25, 0.3) is 0 Å². The fraction of sp³-hybridized carbons (Fsp3) is 1.00. The van der Waals surface area contributed by atoms with Crippen LogP contribution in [0.25, 0.3) is 0 Å². The minimum absolute atomic E-state index is 0. The summed E-state index contributed by atoms with van der Waals surface area (Å²) in [6.07, 6.45) is 0. The van der Waals surface area contributed by atoms with E-state index in [0.29, 0.717) is 0 Å². The smallest absolute Gasteiger partial charge is 0.131 e. The van der Waals surface area contributed by atoms with Gasteiger partial charge in [-0.25, -0.2) is 0 Å². The van der Waals surface area contributed by atoms with Crippen LogP contribution in [0.4, 0.5) is 0 Å². The average molecular weight is 163 g/mol. The summed E-state index contributed by atoms with van der Waals surface area (Å²) in [4.78, 5) is 0. The molecule has 1 aliphatic rings. The zero-order valence-electron chi connectivity index (χ0n) is 4.14. The van der Waals surface area contributed by atoms with Crippen molar-refractivity contribution in [3.63, 3.8) is 0 Å². The van der Waals surface area contributed by atoms with Crippen molar-refractivity contribution in [1.29, 1.82) is 0 Å². The molecule has 7 heavy (non-hydrogen) atoms. The molecule has 1 rings (SSSR count). The van der Waals surface area contributed by atoms with E-state index >= 15 is 0 Å². The van der Waals surface area contributed by atoms with Crippen LogP contribution in [0, 0.1) is 0 Å². The summed E-state index contributed by atoms with van der Waals surface area (Å²) in [6, 6.07) is 0. The van der Waals surface area contributed by atoms with Crippen molar-refractivity contribution < 1.29 is 26.3 Å². The summed E-state index contributed by atoms with van der Waals surface area (Å²) in [6.45, 7) is 1.60. The van der Waals surface area contributed by atoms with E-state index < -0.39 is 0 Å². The molecule has 0 atom stereocenters. The summed E-state index contributed by atoms with van der Waals surface area (Å²) in [7, 11) is 1.01. The molecule has 1 heterocycles. The maximum Gasteiger partial charge on any atom is 0.131 e. The van der Waals surface area contributed by atoms with E-state index in [0.717, 1.165) is 23.5 Å². The van der Waals surface area contributed by atoms with Crippen LogP contribution in [0.1, 0.15) is 0 Å². The van der Waals surface area contributed by atoms with Crippen LogP contribution in [-0.4, -0.2) is 29.4 Å². The zero-order chi connectivity index (χ0) is 4.41. The van der Waals surface area contributed by atoms with Gasteiger partial charge in [0.2, 0.25) is 0 Å². The zero-order valence-corrected chi connectivity index (χ0v) is 7.18. The fourth-order valence-corrected chi connectivity index (χ4v) is 0.948. The largest absolute Gasteiger partial charge is 0.355 e. The third kappa shape index (κ3) is 2.45. The van der Waals surface area contributed by atoms with Gasteiger partial charge in [0, 0.05) is 16.8 Å². The summed E-state index contributed by atoms with van der Waals surface area (Å²) in [5.74, 6) is 0.185. The van der Waals surface area contributed by atoms with E-state index in [2.05, 4.69) is 0 Å². The predicted octanol–water partition coefficient (Wildman–Crippen LogP) is -1.32. The van der Waals surface area contributed by atoms with Gasteiger partial charge in [-0.2, -0.15) is 0 Å². The Bertz CT molecular complexity index is 46.2. The second-order valence-electron chi connectivity index (χ2n) is 1.31. The molecular weight excluding hydrogens is 155 g/mol. The van der Waals surface area contributed by atoms with Crippen LogP contribution < -0.4 is 0 Å². The Morgan fingerprint density at radius 2 is 1.71 bits per heavy atom. The van der Waals surface area contributed by atoms with Crippen molar-refractivity contribution >= 4 is 10.2 Å². The molecule has 0 amide bonds. The number of ether oxygens (including phenoxy) is 2. The van der Waals surface area contributed by atoms with Gasteiger partial charge in [-0.1, -0.05) is 0 Å². The molecule has 1 saturated heterocycles. The maximum atomic E-state index is 4.99. The molecule has 0 bridgehead atoms. The van der Waals surface area contributed by atoms with E-state index in [1.54, 1.807) is 0 Å².